The van der Waals surface area contributed by atoms with Crippen molar-refractivity contribution in [3.05, 3.63) is 12.4 Å². The summed E-state index contributed by atoms with van der Waals surface area (Å²) in [6.07, 6.45) is 9.06. The molecule has 0 radical (unpaired) electrons. The molecule has 0 saturated carbocycles. The van der Waals surface area contributed by atoms with Crippen molar-refractivity contribution in [1.29, 1.82) is 0 Å². The van der Waals surface area contributed by atoms with E-state index in [0.29, 0.717) is 0 Å². The number of nitrogens with zero attached hydrogens (tertiary/aromatic N) is 3. The van der Waals surface area contributed by atoms with Crippen LogP contribution >= 0.6 is 0 Å². The molecule has 2 heterocycles. The molecule has 0 bridgehead atoms. The fourth-order valence-electron chi connectivity index (χ4n) is 2.40. The molecule has 1 fully saturated rings. The lowest BCUT2D eigenvalue weighted by Crippen LogP contribution is -2.35. The molecule has 1 atom stereocenters. The normalized spacial score (nSPS) is 23.2. The van der Waals surface area contributed by atoms with Gasteiger partial charge in [-0.05, 0) is 26.3 Å². The average molecular weight is 222 g/mol. The topological polar surface area (TPSA) is 47.1 Å². The maximum absolute atomic E-state index is 5.64. The van der Waals surface area contributed by atoms with E-state index in [-0.39, 0.29) is 0 Å². The zero-order chi connectivity index (χ0) is 11.4. The molecule has 4 heteroatoms. The molecule has 1 unspecified atom stereocenters. The third kappa shape index (κ3) is 2.98. The van der Waals surface area contributed by atoms with E-state index in [1.54, 1.807) is 6.20 Å². The van der Waals surface area contributed by atoms with Crippen molar-refractivity contribution in [1.82, 2.24) is 14.7 Å². The lowest BCUT2D eigenvalue weighted by atomic mass is 10.1. The number of nitrogen functional groups attached to an aromatic ring is 1. The molecular weight excluding hydrogens is 200 g/mol. The van der Waals surface area contributed by atoms with Crippen molar-refractivity contribution in [2.24, 2.45) is 0 Å². The monoisotopic (exact) mass is 222 g/mol. The van der Waals surface area contributed by atoms with E-state index in [0.717, 1.165) is 24.8 Å². The van der Waals surface area contributed by atoms with Crippen LogP contribution in [0.2, 0.25) is 0 Å². The Bertz CT molecular complexity index is 321. The third-order valence-corrected chi connectivity index (χ3v) is 3.46. The third-order valence-electron chi connectivity index (χ3n) is 3.46. The minimum Gasteiger partial charge on any atom is -0.396 e. The van der Waals surface area contributed by atoms with Crippen molar-refractivity contribution in [2.45, 2.75) is 45.2 Å². The largest absolute Gasteiger partial charge is 0.396 e. The summed E-state index contributed by atoms with van der Waals surface area (Å²) in [5.74, 6) is 0. The maximum Gasteiger partial charge on any atom is 0.0719 e. The molecular formula is C12H22N4. The Kier molecular flexibility index (Phi) is 3.83. The summed E-state index contributed by atoms with van der Waals surface area (Å²) in [5.41, 5.74) is 6.40. The lowest BCUT2D eigenvalue weighted by Gasteiger charge is -2.26. The second-order valence-electron chi connectivity index (χ2n) is 4.77. The number of nitrogens with two attached hydrogens (primary N) is 1. The van der Waals surface area contributed by atoms with E-state index < -0.39 is 0 Å². The van der Waals surface area contributed by atoms with Crippen molar-refractivity contribution in [3.8, 4) is 0 Å². The van der Waals surface area contributed by atoms with E-state index in [2.05, 4.69) is 16.9 Å². The molecule has 0 aromatic carbocycles. The summed E-state index contributed by atoms with van der Waals surface area (Å²) in [6, 6.07) is 0.718. The van der Waals surface area contributed by atoms with Gasteiger partial charge in [0.25, 0.3) is 0 Å². The van der Waals surface area contributed by atoms with Gasteiger partial charge in [-0.1, -0.05) is 12.8 Å². The van der Waals surface area contributed by atoms with E-state index in [1.807, 2.05) is 10.9 Å². The Balaban J connectivity index is 1.83. The van der Waals surface area contributed by atoms with Crippen LogP contribution in [0.15, 0.2) is 12.4 Å². The van der Waals surface area contributed by atoms with Gasteiger partial charge in [-0.2, -0.15) is 5.10 Å². The summed E-state index contributed by atoms with van der Waals surface area (Å²) < 4.78 is 1.94. The van der Waals surface area contributed by atoms with Gasteiger partial charge >= 0.3 is 0 Å². The summed E-state index contributed by atoms with van der Waals surface area (Å²) in [7, 11) is 0. The number of anilines is 1. The van der Waals surface area contributed by atoms with Gasteiger partial charge < -0.3 is 5.73 Å². The molecule has 16 heavy (non-hydrogen) atoms. The Morgan fingerprint density at radius 2 is 2.25 bits per heavy atom. The zero-order valence-electron chi connectivity index (χ0n) is 10.1. The van der Waals surface area contributed by atoms with E-state index >= 15 is 0 Å². The summed E-state index contributed by atoms with van der Waals surface area (Å²) in [5, 5.41) is 4.21. The fourth-order valence-corrected chi connectivity index (χ4v) is 2.40. The van der Waals surface area contributed by atoms with Gasteiger partial charge in [-0.3, -0.25) is 9.58 Å². The Hall–Kier alpha value is -1.03. The predicted octanol–water partition coefficient (Wildman–Crippen LogP) is 1.73. The molecule has 2 N–H and O–H groups in total. The van der Waals surface area contributed by atoms with Gasteiger partial charge in [0, 0.05) is 18.8 Å². The van der Waals surface area contributed by atoms with Crippen LogP contribution in [-0.4, -0.2) is 33.8 Å². The number of hydrogen-bond acceptors (Lipinski definition) is 3. The molecule has 90 valence electrons. The highest BCUT2D eigenvalue weighted by atomic mass is 15.3. The quantitative estimate of drug-likeness (QED) is 0.847. The van der Waals surface area contributed by atoms with E-state index in [1.165, 1.54) is 32.2 Å². The number of rotatable bonds is 3. The lowest BCUT2D eigenvalue weighted by molar-refractivity contribution is 0.203. The highest BCUT2D eigenvalue weighted by molar-refractivity contribution is 5.30. The minimum atomic E-state index is 0.718. The van der Waals surface area contributed by atoms with Gasteiger partial charge in [0.05, 0.1) is 18.4 Å². The molecule has 1 aliphatic rings. The second kappa shape index (κ2) is 5.34. The van der Waals surface area contributed by atoms with Crippen LogP contribution in [0.5, 0.6) is 0 Å². The van der Waals surface area contributed by atoms with Gasteiger partial charge in [0.2, 0.25) is 0 Å². The van der Waals surface area contributed by atoms with Crippen molar-refractivity contribution >= 4 is 5.69 Å². The first kappa shape index (κ1) is 11.5. The van der Waals surface area contributed by atoms with Crippen molar-refractivity contribution in [2.75, 3.05) is 18.8 Å². The fraction of sp³-hybridized carbons (Fsp3) is 0.750. The van der Waals surface area contributed by atoms with Gasteiger partial charge in [0.1, 0.15) is 0 Å². The predicted molar refractivity (Wildman–Crippen MR) is 66.1 cm³/mol. The number of hydrogen-bond donors (Lipinski definition) is 1. The highest BCUT2D eigenvalue weighted by Gasteiger charge is 2.16. The first-order chi connectivity index (χ1) is 7.75. The van der Waals surface area contributed by atoms with E-state index in [9.17, 15) is 0 Å². The smallest absolute Gasteiger partial charge is 0.0719 e. The standard InChI is InChI=1S/C12H22N4/c1-11-5-3-2-4-6-15(11)7-8-16-10-12(13)9-14-16/h9-11H,2-8,13H2,1H3. The van der Waals surface area contributed by atoms with Crippen molar-refractivity contribution < 1.29 is 0 Å². The Labute approximate surface area is 97.4 Å². The molecule has 2 rings (SSSR count). The van der Waals surface area contributed by atoms with Gasteiger partial charge in [-0.25, -0.2) is 0 Å². The maximum atomic E-state index is 5.64. The van der Waals surface area contributed by atoms with E-state index in [4.69, 9.17) is 5.73 Å². The molecule has 4 nitrogen and oxygen atoms in total. The Morgan fingerprint density at radius 1 is 1.38 bits per heavy atom. The summed E-state index contributed by atoms with van der Waals surface area (Å²) >= 11 is 0. The summed E-state index contributed by atoms with van der Waals surface area (Å²) in [6.45, 7) is 5.60. The molecule has 1 aliphatic heterocycles. The average Bonchev–Trinajstić information content (AvgIpc) is 2.56. The van der Waals surface area contributed by atoms with Gasteiger partial charge in [-0.15, -0.1) is 0 Å². The highest BCUT2D eigenvalue weighted by Crippen LogP contribution is 2.16. The number of aromatic nitrogens is 2. The first-order valence-corrected chi connectivity index (χ1v) is 6.27. The van der Waals surface area contributed by atoms with Crippen LogP contribution in [0.3, 0.4) is 0 Å². The molecule has 1 aromatic heterocycles. The SMILES string of the molecule is CC1CCCCCN1CCn1cc(N)cn1. The second-order valence-corrected chi connectivity index (χ2v) is 4.77. The minimum absolute atomic E-state index is 0.718. The van der Waals surface area contributed by atoms with Crippen LogP contribution in [-0.2, 0) is 6.54 Å². The number of likely N-dealkylation sites (tertiary alicyclic amines) is 1. The Morgan fingerprint density at radius 3 is 3.00 bits per heavy atom. The molecule has 0 spiro atoms. The molecule has 1 saturated heterocycles. The van der Waals surface area contributed by atoms with Crippen molar-refractivity contribution in [3.63, 3.8) is 0 Å². The molecule has 0 amide bonds. The van der Waals surface area contributed by atoms with Crippen LogP contribution in [0.1, 0.15) is 32.6 Å². The van der Waals surface area contributed by atoms with Crippen LogP contribution < -0.4 is 5.73 Å². The van der Waals surface area contributed by atoms with Gasteiger partial charge in [0.15, 0.2) is 0 Å². The van der Waals surface area contributed by atoms with Crippen LogP contribution in [0.4, 0.5) is 5.69 Å². The van der Waals surface area contributed by atoms with Crippen LogP contribution in [0, 0.1) is 0 Å². The molecule has 1 aromatic rings. The molecule has 0 aliphatic carbocycles. The zero-order valence-corrected chi connectivity index (χ0v) is 10.1. The van der Waals surface area contributed by atoms with Crippen LogP contribution in [0.25, 0.3) is 0 Å². The first-order valence-electron chi connectivity index (χ1n) is 6.27. The summed E-state index contributed by atoms with van der Waals surface area (Å²) in [4.78, 5) is 2.57.